The smallest absolute Gasteiger partial charge is 0.273 e. The van der Waals surface area contributed by atoms with E-state index in [-0.39, 0.29) is 11.7 Å². The third kappa shape index (κ3) is 5.38. The van der Waals surface area contributed by atoms with Crippen LogP contribution in [0.15, 0.2) is 72.8 Å². The molecular weight excluding hydrogens is 436 g/mol. The van der Waals surface area contributed by atoms with Gasteiger partial charge in [0.1, 0.15) is 11.6 Å². The number of amidine groups is 1. The van der Waals surface area contributed by atoms with Gasteiger partial charge in [0.15, 0.2) is 0 Å². The summed E-state index contributed by atoms with van der Waals surface area (Å²) in [6, 6.07) is 24.1. The molecule has 1 aliphatic heterocycles. The van der Waals surface area contributed by atoms with Crippen molar-refractivity contribution in [2.75, 3.05) is 4.90 Å². The van der Waals surface area contributed by atoms with Gasteiger partial charge in [-0.2, -0.15) is 0 Å². The average Bonchev–Trinajstić information content (AvgIpc) is 2.84. The van der Waals surface area contributed by atoms with E-state index in [1.807, 2.05) is 30.3 Å². The quantitative estimate of drug-likeness (QED) is 0.348. The molecule has 1 atom stereocenters. The highest BCUT2D eigenvalue weighted by molar-refractivity contribution is 6.01. The summed E-state index contributed by atoms with van der Waals surface area (Å²) in [7, 11) is 0. The van der Waals surface area contributed by atoms with Gasteiger partial charge in [-0.15, -0.1) is 0 Å². The molecule has 1 amide bonds. The average molecular weight is 471 g/mol. The van der Waals surface area contributed by atoms with Gasteiger partial charge in [0.05, 0.1) is 12.2 Å². The number of benzene rings is 3. The molecule has 0 bridgehead atoms. The fourth-order valence-electron chi connectivity index (χ4n) is 4.64. The van der Waals surface area contributed by atoms with Crippen molar-refractivity contribution in [3.8, 4) is 5.75 Å². The number of anilines is 1. The van der Waals surface area contributed by atoms with Crippen molar-refractivity contribution in [2.45, 2.75) is 59.0 Å². The topological polar surface area (TPSA) is 82.7 Å². The van der Waals surface area contributed by atoms with Crippen LogP contribution in [0, 0.1) is 5.41 Å². The Balaban J connectivity index is 1.65. The first-order valence-corrected chi connectivity index (χ1v) is 12.1. The van der Waals surface area contributed by atoms with Crippen LogP contribution in [-0.4, -0.2) is 28.7 Å². The number of hydrogen-bond donors (Lipinski definition) is 2. The molecule has 0 saturated heterocycles. The number of nitrogens with one attached hydrogen (secondary N) is 1. The van der Waals surface area contributed by atoms with Crippen LogP contribution in [0.4, 0.5) is 5.69 Å². The van der Waals surface area contributed by atoms with Crippen molar-refractivity contribution in [2.24, 2.45) is 5.73 Å². The molecule has 0 radical (unpaired) electrons. The molecule has 0 fully saturated rings. The number of fused-ring (bicyclic) bond motifs is 1. The summed E-state index contributed by atoms with van der Waals surface area (Å²) in [5, 5.41) is 7.76. The molecule has 0 saturated carbocycles. The number of nitrogens with zero attached hydrogens (tertiary/aromatic N) is 2. The third-order valence-corrected chi connectivity index (χ3v) is 6.42. The first kappa shape index (κ1) is 24.5. The molecule has 1 unspecified atom stereocenters. The second-order valence-corrected chi connectivity index (χ2v) is 9.61. The van der Waals surface area contributed by atoms with Crippen LogP contribution in [0.1, 0.15) is 56.1 Å². The second-order valence-electron chi connectivity index (χ2n) is 9.61. The fourth-order valence-corrected chi connectivity index (χ4v) is 4.64. The molecule has 3 N–H and O–H groups in total. The molecule has 6 heteroatoms. The number of para-hydroxylation sites is 2. The lowest BCUT2D eigenvalue weighted by atomic mass is 10.0. The number of amides is 1. The maximum atomic E-state index is 13.7. The van der Waals surface area contributed by atoms with Crippen LogP contribution in [0.2, 0.25) is 0 Å². The van der Waals surface area contributed by atoms with Gasteiger partial charge in [0, 0.05) is 29.8 Å². The fraction of sp³-hybridized carbons (Fsp3) is 0.310. The Morgan fingerprint density at radius 1 is 0.971 bits per heavy atom. The summed E-state index contributed by atoms with van der Waals surface area (Å²) in [4.78, 5) is 18.0. The second kappa shape index (κ2) is 10.3. The Labute approximate surface area is 207 Å². The highest BCUT2D eigenvalue weighted by atomic mass is 16.5. The SMILES string of the molecule is CC(C)N(Cc1cccc(CN2C(=O)C(c3cccc(C(=N)N)c3)Oc3ccccc32)c1)C(C)C. The zero-order chi connectivity index (χ0) is 25.1. The molecule has 3 aromatic rings. The van der Waals surface area contributed by atoms with E-state index >= 15 is 0 Å². The Morgan fingerprint density at radius 2 is 1.66 bits per heavy atom. The first-order chi connectivity index (χ1) is 16.7. The van der Waals surface area contributed by atoms with Gasteiger partial charge in [-0.25, -0.2) is 0 Å². The minimum atomic E-state index is -0.801. The monoisotopic (exact) mass is 470 g/mol. The van der Waals surface area contributed by atoms with Gasteiger partial charge >= 0.3 is 0 Å². The highest BCUT2D eigenvalue weighted by Gasteiger charge is 2.35. The number of hydrogen-bond acceptors (Lipinski definition) is 4. The van der Waals surface area contributed by atoms with E-state index in [4.69, 9.17) is 15.9 Å². The minimum Gasteiger partial charge on any atom is -0.474 e. The molecule has 0 spiro atoms. The molecule has 0 aromatic heterocycles. The predicted octanol–water partition coefficient (Wildman–Crippen LogP) is 5.26. The van der Waals surface area contributed by atoms with Gasteiger partial charge < -0.3 is 15.4 Å². The number of nitrogen functional groups attached to an aromatic ring is 1. The molecule has 35 heavy (non-hydrogen) atoms. The van der Waals surface area contributed by atoms with Crippen molar-refractivity contribution >= 4 is 17.4 Å². The number of ether oxygens (including phenoxy) is 1. The summed E-state index contributed by atoms with van der Waals surface area (Å²) >= 11 is 0. The van der Waals surface area contributed by atoms with Gasteiger partial charge in [-0.3, -0.25) is 15.1 Å². The van der Waals surface area contributed by atoms with Gasteiger partial charge in [-0.1, -0.05) is 54.6 Å². The van der Waals surface area contributed by atoms with E-state index in [9.17, 15) is 4.79 Å². The van der Waals surface area contributed by atoms with E-state index in [0.717, 1.165) is 17.8 Å². The summed E-state index contributed by atoms with van der Waals surface area (Å²) in [6.45, 7) is 10.2. The van der Waals surface area contributed by atoms with Crippen molar-refractivity contribution < 1.29 is 9.53 Å². The van der Waals surface area contributed by atoms with Crippen LogP contribution >= 0.6 is 0 Å². The Morgan fingerprint density at radius 3 is 2.37 bits per heavy atom. The lowest BCUT2D eigenvalue weighted by Crippen LogP contribution is -2.40. The maximum absolute atomic E-state index is 13.7. The number of carbonyl (C=O) groups is 1. The Bertz CT molecular complexity index is 1210. The van der Waals surface area contributed by atoms with E-state index in [2.05, 4.69) is 56.9 Å². The zero-order valence-corrected chi connectivity index (χ0v) is 20.9. The lowest BCUT2D eigenvalue weighted by molar-refractivity contribution is -0.126. The predicted molar refractivity (Wildman–Crippen MR) is 141 cm³/mol. The van der Waals surface area contributed by atoms with Crippen molar-refractivity contribution in [3.63, 3.8) is 0 Å². The zero-order valence-electron chi connectivity index (χ0n) is 20.9. The van der Waals surface area contributed by atoms with Gasteiger partial charge in [0.25, 0.3) is 5.91 Å². The lowest BCUT2D eigenvalue weighted by Gasteiger charge is -2.35. The first-order valence-electron chi connectivity index (χ1n) is 12.1. The number of rotatable bonds is 8. The summed E-state index contributed by atoms with van der Waals surface area (Å²) in [5.74, 6) is 0.481. The molecule has 3 aromatic carbocycles. The molecule has 4 rings (SSSR count). The van der Waals surface area contributed by atoms with E-state index in [1.165, 1.54) is 5.56 Å². The largest absolute Gasteiger partial charge is 0.474 e. The van der Waals surface area contributed by atoms with Crippen molar-refractivity contribution in [3.05, 3.63) is 95.1 Å². The third-order valence-electron chi connectivity index (χ3n) is 6.42. The molecule has 0 aliphatic carbocycles. The normalized spacial score (nSPS) is 15.5. The number of nitrogens with two attached hydrogens (primary N) is 1. The standard InChI is InChI=1S/C29H34N4O2/c1-19(2)32(20(3)4)17-21-9-7-10-22(15-21)18-33-25-13-5-6-14-26(25)35-27(29(33)34)23-11-8-12-24(16-23)28(30)31/h5-16,19-20,27H,17-18H2,1-4H3,(H3,30,31). The summed E-state index contributed by atoms with van der Waals surface area (Å²) in [6.07, 6.45) is -0.801. The van der Waals surface area contributed by atoms with E-state index < -0.39 is 6.10 Å². The van der Waals surface area contributed by atoms with E-state index in [0.29, 0.717) is 35.5 Å². The Kier molecular flexibility index (Phi) is 7.22. The van der Waals surface area contributed by atoms with Gasteiger partial charge in [0.2, 0.25) is 6.10 Å². The summed E-state index contributed by atoms with van der Waals surface area (Å²) < 4.78 is 6.15. The highest BCUT2D eigenvalue weighted by Crippen LogP contribution is 2.39. The summed E-state index contributed by atoms with van der Waals surface area (Å²) in [5.41, 5.74) is 9.98. The molecule has 182 valence electrons. The molecule has 1 heterocycles. The van der Waals surface area contributed by atoms with Crippen LogP contribution in [0.5, 0.6) is 5.75 Å². The van der Waals surface area contributed by atoms with Crippen LogP contribution < -0.4 is 15.4 Å². The molecule has 6 nitrogen and oxygen atoms in total. The van der Waals surface area contributed by atoms with Crippen LogP contribution in [0.3, 0.4) is 0 Å². The van der Waals surface area contributed by atoms with Crippen molar-refractivity contribution in [1.82, 2.24) is 4.90 Å². The Hall–Kier alpha value is -3.64. The van der Waals surface area contributed by atoms with Crippen molar-refractivity contribution in [1.29, 1.82) is 5.41 Å². The van der Waals surface area contributed by atoms with E-state index in [1.54, 1.807) is 23.1 Å². The van der Waals surface area contributed by atoms with Gasteiger partial charge in [-0.05, 0) is 57.0 Å². The minimum absolute atomic E-state index is 0.0407. The number of carbonyl (C=O) groups excluding carboxylic acids is 1. The molecule has 1 aliphatic rings. The van der Waals surface area contributed by atoms with Crippen LogP contribution in [-0.2, 0) is 17.9 Å². The van der Waals surface area contributed by atoms with Crippen LogP contribution in [0.25, 0.3) is 0 Å². The maximum Gasteiger partial charge on any atom is 0.273 e. The molecular formula is C29H34N4O2.